The van der Waals surface area contributed by atoms with Gasteiger partial charge >= 0.3 is 5.97 Å². The van der Waals surface area contributed by atoms with Gasteiger partial charge in [-0.15, -0.1) is 0 Å². The zero-order valence-electron chi connectivity index (χ0n) is 13.2. The zero-order valence-corrected chi connectivity index (χ0v) is 13.2. The van der Waals surface area contributed by atoms with Crippen LogP contribution in [0.15, 0.2) is 0 Å². The first-order chi connectivity index (χ1) is 9.51. The van der Waals surface area contributed by atoms with Crippen molar-refractivity contribution in [2.45, 2.75) is 59.0 Å². The average molecular weight is 301 g/mol. The number of carbonyl (C=O) groups is 3. The highest BCUT2D eigenvalue weighted by Gasteiger charge is 2.26. The Morgan fingerprint density at radius 3 is 2.24 bits per heavy atom. The third-order valence-corrected chi connectivity index (χ3v) is 2.71. The van der Waals surface area contributed by atoms with Crippen LogP contribution in [0.25, 0.3) is 0 Å². The van der Waals surface area contributed by atoms with Crippen molar-refractivity contribution in [2.24, 2.45) is 11.1 Å². The van der Waals surface area contributed by atoms with Gasteiger partial charge in [0, 0.05) is 12.5 Å². The second-order valence-electron chi connectivity index (χ2n) is 6.51. The molecule has 0 saturated carbocycles. The molecular formula is C14H27N3O4. The van der Waals surface area contributed by atoms with Crippen LogP contribution in [0.3, 0.4) is 0 Å². The first kappa shape index (κ1) is 19.4. The van der Waals surface area contributed by atoms with Gasteiger partial charge in [0.1, 0.15) is 12.6 Å². The lowest BCUT2D eigenvalue weighted by Crippen LogP contribution is -2.49. The Kier molecular flexibility index (Phi) is 7.94. The van der Waals surface area contributed by atoms with Crippen molar-refractivity contribution in [1.82, 2.24) is 10.6 Å². The van der Waals surface area contributed by atoms with E-state index in [4.69, 9.17) is 10.8 Å². The van der Waals surface area contributed by atoms with E-state index >= 15 is 0 Å². The highest BCUT2D eigenvalue weighted by atomic mass is 16.4. The second-order valence-corrected chi connectivity index (χ2v) is 6.51. The number of carbonyl (C=O) groups excluding carboxylic acids is 2. The van der Waals surface area contributed by atoms with Crippen molar-refractivity contribution in [3.05, 3.63) is 0 Å². The molecule has 5 N–H and O–H groups in total. The number of nitrogens with one attached hydrogen (secondary N) is 2. The topological polar surface area (TPSA) is 122 Å². The Morgan fingerprint density at radius 2 is 1.81 bits per heavy atom. The van der Waals surface area contributed by atoms with Crippen LogP contribution in [-0.4, -0.2) is 41.5 Å². The van der Waals surface area contributed by atoms with Gasteiger partial charge in [-0.1, -0.05) is 20.8 Å². The van der Waals surface area contributed by atoms with Crippen LogP contribution in [0.1, 0.15) is 47.0 Å². The quantitative estimate of drug-likeness (QED) is 0.511. The third-order valence-electron chi connectivity index (χ3n) is 2.71. The molecule has 0 rings (SSSR count). The molecule has 0 aliphatic rings. The highest BCUT2D eigenvalue weighted by Crippen LogP contribution is 2.21. The molecule has 7 nitrogen and oxygen atoms in total. The maximum Gasteiger partial charge on any atom is 0.322 e. The monoisotopic (exact) mass is 301 g/mol. The molecule has 7 heteroatoms. The van der Waals surface area contributed by atoms with E-state index in [1.54, 1.807) is 6.92 Å². The molecule has 0 bridgehead atoms. The van der Waals surface area contributed by atoms with Crippen molar-refractivity contribution < 1.29 is 19.5 Å². The fraction of sp³-hybridized carbons (Fsp3) is 0.786. The molecule has 2 atom stereocenters. The van der Waals surface area contributed by atoms with Crippen LogP contribution in [-0.2, 0) is 14.4 Å². The van der Waals surface area contributed by atoms with Gasteiger partial charge in [0.05, 0.1) is 0 Å². The molecule has 0 aromatic rings. The molecule has 0 aromatic carbocycles. The Bertz CT molecular complexity index is 375. The van der Waals surface area contributed by atoms with Gasteiger partial charge in [-0.25, -0.2) is 0 Å². The predicted molar refractivity (Wildman–Crippen MR) is 79.5 cm³/mol. The normalized spacial score (nSPS) is 14.1. The summed E-state index contributed by atoms with van der Waals surface area (Å²) in [5.74, 6) is -1.87. The summed E-state index contributed by atoms with van der Waals surface area (Å²) in [4.78, 5) is 34.3. The molecular weight excluding hydrogens is 274 g/mol. The number of carboxylic acids is 1. The number of rotatable bonds is 8. The Morgan fingerprint density at radius 1 is 1.24 bits per heavy atom. The first-order valence-electron chi connectivity index (χ1n) is 7.05. The Hall–Kier alpha value is -1.63. The largest absolute Gasteiger partial charge is 0.480 e. The lowest BCUT2D eigenvalue weighted by Gasteiger charge is -2.26. The van der Waals surface area contributed by atoms with Crippen LogP contribution in [0.4, 0.5) is 0 Å². The maximum atomic E-state index is 12.0. The molecule has 122 valence electrons. The molecule has 0 heterocycles. The van der Waals surface area contributed by atoms with E-state index in [2.05, 4.69) is 10.6 Å². The van der Waals surface area contributed by atoms with Crippen LogP contribution >= 0.6 is 0 Å². The summed E-state index contributed by atoms with van der Waals surface area (Å²) in [5, 5.41) is 13.5. The van der Waals surface area contributed by atoms with Crippen molar-refractivity contribution >= 4 is 17.8 Å². The number of hydrogen-bond acceptors (Lipinski definition) is 4. The molecule has 0 spiro atoms. The third kappa shape index (κ3) is 10.8. The summed E-state index contributed by atoms with van der Waals surface area (Å²) >= 11 is 0. The minimum absolute atomic E-state index is 0.0855. The molecule has 0 fully saturated rings. The van der Waals surface area contributed by atoms with Gasteiger partial charge in [-0.05, 0) is 25.2 Å². The molecule has 0 radical (unpaired) electrons. The molecule has 0 saturated heterocycles. The van der Waals surface area contributed by atoms with Crippen molar-refractivity contribution in [3.8, 4) is 0 Å². The number of hydrogen-bond donors (Lipinski definition) is 4. The SMILES string of the molecule is CC(N)CCC(=O)NC(CC(C)(C)C)C(=O)NCC(=O)O. The van der Waals surface area contributed by atoms with Crippen molar-refractivity contribution in [3.63, 3.8) is 0 Å². The van der Waals surface area contributed by atoms with Gasteiger partial charge < -0.3 is 21.5 Å². The minimum atomic E-state index is -1.12. The second kappa shape index (κ2) is 8.61. The molecule has 2 amide bonds. The van der Waals surface area contributed by atoms with Crippen molar-refractivity contribution in [1.29, 1.82) is 0 Å². The van der Waals surface area contributed by atoms with E-state index in [1.807, 2.05) is 20.8 Å². The number of amides is 2. The lowest BCUT2D eigenvalue weighted by molar-refractivity contribution is -0.138. The minimum Gasteiger partial charge on any atom is -0.480 e. The van der Waals surface area contributed by atoms with E-state index < -0.39 is 24.5 Å². The fourth-order valence-corrected chi connectivity index (χ4v) is 1.73. The molecule has 0 aliphatic heterocycles. The van der Waals surface area contributed by atoms with Crippen molar-refractivity contribution in [2.75, 3.05) is 6.54 Å². The summed E-state index contributed by atoms with van der Waals surface area (Å²) < 4.78 is 0. The number of aliphatic carboxylic acids is 1. The zero-order chi connectivity index (χ0) is 16.6. The molecule has 2 unspecified atom stereocenters. The number of nitrogens with two attached hydrogens (primary N) is 1. The van der Waals surface area contributed by atoms with Crippen LogP contribution < -0.4 is 16.4 Å². The summed E-state index contributed by atoms with van der Waals surface area (Å²) in [7, 11) is 0. The van der Waals surface area contributed by atoms with Gasteiger partial charge in [0.25, 0.3) is 0 Å². The van der Waals surface area contributed by atoms with Gasteiger partial charge in [-0.2, -0.15) is 0 Å². The first-order valence-corrected chi connectivity index (χ1v) is 7.05. The van der Waals surface area contributed by atoms with E-state index in [0.717, 1.165) is 0 Å². The summed E-state index contributed by atoms with van der Waals surface area (Å²) in [6.07, 6.45) is 1.19. The Labute approximate surface area is 125 Å². The maximum absolute atomic E-state index is 12.0. The molecule has 0 aliphatic carbocycles. The van der Waals surface area contributed by atoms with Crippen LogP contribution in [0.2, 0.25) is 0 Å². The summed E-state index contributed by atoms with van der Waals surface area (Å²) in [6, 6.07) is -0.831. The lowest BCUT2D eigenvalue weighted by atomic mass is 9.87. The van der Waals surface area contributed by atoms with E-state index in [-0.39, 0.29) is 23.8 Å². The van der Waals surface area contributed by atoms with Gasteiger partial charge in [0.2, 0.25) is 11.8 Å². The molecule has 21 heavy (non-hydrogen) atoms. The van der Waals surface area contributed by atoms with Gasteiger partial charge in [0.15, 0.2) is 0 Å². The average Bonchev–Trinajstić information content (AvgIpc) is 2.30. The predicted octanol–water partition coefficient (Wildman–Crippen LogP) is 0.236. The molecule has 0 aromatic heterocycles. The van der Waals surface area contributed by atoms with Crippen LogP contribution in [0.5, 0.6) is 0 Å². The smallest absolute Gasteiger partial charge is 0.322 e. The fourth-order valence-electron chi connectivity index (χ4n) is 1.73. The number of carboxylic acid groups (broad SMARTS) is 1. The van der Waals surface area contributed by atoms with Crippen LogP contribution in [0, 0.1) is 5.41 Å². The van der Waals surface area contributed by atoms with E-state index in [0.29, 0.717) is 12.8 Å². The van der Waals surface area contributed by atoms with Gasteiger partial charge in [-0.3, -0.25) is 14.4 Å². The van der Waals surface area contributed by atoms with E-state index in [1.165, 1.54) is 0 Å². The summed E-state index contributed by atoms with van der Waals surface area (Å²) in [6.45, 7) is 7.17. The Balaban J connectivity index is 4.62. The van der Waals surface area contributed by atoms with E-state index in [9.17, 15) is 14.4 Å². The summed E-state index contributed by atoms with van der Waals surface area (Å²) in [5.41, 5.74) is 5.41. The highest BCUT2D eigenvalue weighted by molar-refractivity contribution is 5.89. The standard InChI is InChI=1S/C14H27N3O4/c1-9(15)5-6-11(18)17-10(7-14(2,3)4)13(21)16-8-12(19)20/h9-10H,5-8,15H2,1-4H3,(H,16,21)(H,17,18)(H,19,20).